The van der Waals surface area contributed by atoms with E-state index in [1.165, 1.54) is 6.42 Å². The van der Waals surface area contributed by atoms with Gasteiger partial charge in [0.05, 0.1) is 22.1 Å². The number of rotatable bonds is 2. The maximum absolute atomic E-state index is 10.7. The Morgan fingerprint density at radius 2 is 1.93 bits per heavy atom. The second-order valence-electron chi connectivity index (χ2n) is 7.06. The van der Waals surface area contributed by atoms with Gasteiger partial charge in [0, 0.05) is 38.8 Å². The molecule has 4 aromatic rings. The standard InChI is InChI=1S/C21H17Cl2N3O/c22-11-7-8-16(23)15(9-11)13-5-2-6-14-19(24)18-17(25-20(13)14)10-26(21(18)27)12-3-1-4-12/h2,5-10,12,27H,1,3-4,24H2. The molecule has 27 heavy (non-hydrogen) atoms. The second-order valence-corrected chi connectivity index (χ2v) is 7.90. The number of hydrogen-bond acceptors (Lipinski definition) is 3. The molecule has 0 aliphatic heterocycles. The number of nitrogens with zero attached hydrogens (tertiary/aromatic N) is 2. The van der Waals surface area contributed by atoms with Crippen LogP contribution in [0.1, 0.15) is 25.3 Å². The van der Waals surface area contributed by atoms with Crippen molar-refractivity contribution in [3.8, 4) is 17.0 Å². The lowest BCUT2D eigenvalue weighted by Gasteiger charge is -2.27. The van der Waals surface area contributed by atoms with Gasteiger partial charge in [-0.15, -0.1) is 0 Å². The summed E-state index contributed by atoms with van der Waals surface area (Å²) in [7, 11) is 0. The van der Waals surface area contributed by atoms with Gasteiger partial charge < -0.3 is 15.4 Å². The van der Waals surface area contributed by atoms with Crippen LogP contribution in [0.3, 0.4) is 0 Å². The normalized spacial score (nSPS) is 14.7. The summed E-state index contributed by atoms with van der Waals surface area (Å²) in [6.45, 7) is 0. The number of benzene rings is 2. The van der Waals surface area contributed by atoms with Crippen LogP contribution in [0.4, 0.5) is 5.69 Å². The van der Waals surface area contributed by atoms with E-state index in [9.17, 15) is 5.11 Å². The van der Waals surface area contributed by atoms with Crippen molar-refractivity contribution in [2.24, 2.45) is 0 Å². The molecule has 136 valence electrons. The number of aromatic nitrogens is 2. The average molecular weight is 398 g/mol. The van der Waals surface area contributed by atoms with Crippen LogP contribution in [-0.2, 0) is 0 Å². The molecular formula is C21H17Cl2N3O. The van der Waals surface area contributed by atoms with E-state index in [1.54, 1.807) is 12.1 Å². The molecule has 0 amide bonds. The van der Waals surface area contributed by atoms with E-state index < -0.39 is 0 Å². The number of anilines is 1. The van der Waals surface area contributed by atoms with Crippen molar-refractivity contribution in [2.75, 3.05) is 5.73 Å². The van der Waals surface area contributed by atoms with E-state index in [1.807, 2.05) is 35.0 Å². The van der Waals surface area contributed by atoms with Gasteiger partial charge in [0.1, 0.15) is 0 Å². The highest BCUT2D eigenvalue weighted by Crippen LogP contribution is 2.44. The van der Waals surface area contributed by atoms with Gasteiger partial charge in [-0.25, -0.2) is 4.98 Å². The first kappa shape index (κ1) is 16.7. The molecule has 1 fully saturated rings. The number of fused-ring (bicyclic) bond motifs is 2. The summed E-state index contributed by atoms with van der Waals surface area (Å²) in [6.07, 6.45) is 5.22. The third-order valence-corrected chi connectivity index (χ3v) is 6.06. The number of pyridine rings is 1. The molecule has 1 aliphatic rings. The summed E-state index contributed by atoms with van der Waals surface area (Å²) < 4.78 is 1.91. The molecule has 3 N–H and O–H groups in total. The van der Waals surface area contributed by atoms with Crippen molar-refractivity contribution in [1.29, 1.82) is 0 Å². The number of para-hydroxylation sites is 1. The fourth-order valence-corrected chi connectivity index (χ4v) is 4.24. The average Bonchev–Trinajstić information content (AvgIpc) is 2.92. The summed E-state index contributed by atoms with van der Waals surface area (Å²) in [5.41, 5.74) is 10.1. The van der Waals surface area contributed by atoms with E-state index in [2.05, 4.69) is 0 Å². The Labute approximate surface area is 166 Å². The van der Waals surface area contributed by atoms with Crippen molar-refractivity contribution in [3.63, 3.8) is 0 Å². The highest BCUT2D eigenvalue weighted by Gasteiger charge is 2.25. The highest BCUT2D eigenvalue weighted by molar-refractivity contribution is 6.35. The van der Waals surface area contributed by atoms with E-state index >= 15 is 0 Å². The smallest absolute Gasteiger partial charge is 0.203 e. The lowest BCUT2D eigenvalue weighted by molar-refractivity contribution is 0.283. The Kier molecular flexibility index (Phi) is 3.74. The summed E-state index contributed by atoms with van der Waals surface area (Å²) in [5, 5.41) is 13.3. The molecule has 0 atom stereocenters. The third kappa shape index (κ3) is 2.47. The molecule has 6 heteroatoms. The molecule has 2 aromatic heterocycles. The molecule has 0 unspecified atom stereocenters. The van der Waals surface area contributed by atoms with Gasteiger partial charge in [-0.1, -0.05) is 41.4 Å². The predicted octanol–water partition coefficient (Wildman–Crippen LogP) is 6.18. The molecule has 2 heterocycles. The van der Waals surface area contributed by atoms with E-state index in [-0.39, 0.29) is 5.88 Å². The summed E-state index contributed by atoms with van der Waals surface area (Å²) in [4.78, 5) is 4.85. The van der Waals surface area contributed by atoms with Crippen LogP contribution >= 0.6 is 23.2 Å². The largest absolute Gasteiger partial charge is 0.494 e. The van der Waals surface area contributed by atoms with Crippen LogP contribution in [0.15, 0.2) is 42.6 Å². The lowest BCUT2D eigenvalue weighted by atomic mass is 9.93. The molecule has 0 bridgehead atoms. The van der Waals surface area contributed by atoms with E-state index in [0.29, 0.717) is 32.7 Å². The van der Waals surface area contributed by atoms with Crippen LogP contribution in [-0.4, -0.2) is 14.7 Å². The van der Waals surface area contributed by atoms with Crippen LogP contribution in [0.25, 0.3) is 32.9 Å². The highest BCUT2D eigenvalue weighted by atomic mass is 35.5. The maximum Gasteiger partial charge on any atom is 0.203 e. The SMILES string of the molecule is Nc1c2cccc(-c3cc(Cl)ccc3Cl)c2nc2cn(C3CCC3)c(O)c12. The number of aromatic hydroxyl groups is 1. The van der Waals surface area contributed by atoms with E-state index in [4.69, 9.17) is 33.9 Å². The molecule has 1 saturated carbocycles. The van der Waals surface area contributed by atoms with E-state index in [0.717, 1.165) is 34.9 Å². The first-order valence-corrected chi connectivity index (χ1v) is 9.67. The van der Waals surface area contributed by atoms with Crippen LogP contribution in [0, 0.1) is 0 Å². The molecule has 4 nitrogen and oxygen atoms in total. The van der Waals surface area contributed by atoms with Crippen LogP contribution in [0.2, 0.25) is 10.0 Å². The minimum absolute atomic E-state index is 0.202. The van der Waals surface area contributed by atoms with Crippen molar-refractivity contribution >= 4 is 50.7 Å². The molecule has 2 aromatic carbocycles. The van der Waals surface area contributed by atoms with Gasteiger partial charge in [0.2, 0.25) is 5.88 Å². The van der Waals surface area contributed by atoms with Gasteiger partial charge in [0.25, 0.3) is 0 Å². The molecule has 5 rings (SSSR count). The summed E-state index contributed by atoms with van der Waals surface area (Å²) >= 11 is 12.6. The lowest BCUT2D eigenvalue weighted by Crippen LogP contribution is -2.15. The third-order valence-electron chi connectivity index (χ3n) is 5.50. The van der Waals surface area contributed by atoms with Gasteiger partial charge in [-0.3, -0.25) is 0 Å². The van der Waals surface area contributed by atoms with Crippen molar-refractivity contribution in [2.45, 2.75) is 25.3 Å². The van der Waals surface area contributed by atoms with Crippen molar-refractivity contribution < 1.29 is 5.11 Å². The minimum Gasteiger partial charge on any atom is -0.494 e. The van der Waals surface area contributed by atoms with Crippen molar-refractivity contribution in [3.05, 3.63) is 52.6 Å². The molecule has 0 spiro atoms. The Balaban J connectivity index is 1.83. The zero-order chi connectivity index (χ0) is 18.7. The monoisotopic (exact) mass is 397 g/mol. The zero-order valence-electron chi connectivity index (χ0n) is 14.4. The Bertz CT molecular complexity index is 1210. The second kappa shape index (κ2) is 6.04. The van der Waals surface area contributed by atoms with Gasteiger partial charge in [-0.2, -0.15) is 0 Å². The summed E-state index contributed by atoms with van der Waals surface area (Å²) in [6, 6.07) is 11.5. The number of hydrogen-bond donors (Lipinski definition) is 2. The minimum atomic E-state index is 0.202. The molecule has 0 radical (unpaired) electrons. The first-order chi connectivity index (χ1) is 13.0. The van der Waals surface area contributed by atoms with Gasteiger partial charge >= 0.3 is 0 Å². The molecule has 1 aliphatic carbocycles. The molecule has 0 saturated heterocycles. The maximum atomic E-state index is 10.7. The van der Waals surface area contributed by atoms with Gasteiger partial charge in [0.15, 0.2) is 0 Å². The first-order valence-electron chi connectivity index (χ1n) is 8.91. The van der Waals surface area contributed by atoms with Crippen LogP contribution < -0.4 is 5.73 Å². The predicted molar refractivity (Wildman–Crippen MR) is 112 cm³/mol. The van der Waals surface area contributed by atoms with Crippen molar-refractivity contribution in [1.82, 2.24) is 9.55 Å². The zero-order valence-corrected chi connectivity index (χ0v) is 15.9. The molecular weight excluding hydrogens is 381 g/mol. The topological polar surface area (TPSA) is 64.1 Å². The fourth-order valence-electron chi connectivity index (χ4n) is 3.85. The quantitative estimate of drug-likeness (QED) is 0.424. The van der Waals surface area contributed by atoms with Crippen LogP contribution in [0.5, 0.6) is 5.88 Å². The Morgan fingerprint density at radius 1 is 1.11 bits per heavy atom. The van der Waals surface area contributed by atoms with Gasteiger partial charge in [-0.05, 0) is 37.5 Å². The number of halogens is 2. The number of nitrogens with two attached hydrogens (primary N) is 1. The number of nitrogen functional groups attached to an aromatic ring is 1. The summed E-state index contributed by atoms with van der Waals surface area (Å²) in [5.74, 6) is 0.202. The fraction of sp³-hybridized carbons (Fsp3) is 0.190. The Hall–Kier alpha value is -2.43. The Morgan fingerprint density at radius 3 is 2.67 bits per heavy atom.